The van der Waals surface area contributed by atoms with Crippen molar-refractivity contribution in [1.82, 2.24) is 9.55 Å². The highest BCUT2D eigenvalue weighted by Gasteiger charge is 2.13. The minimum Gasteiger partial charge on any atom is -0.323 e. The maximum Gasteiger partial charge on any atom is 0.111 e. The summed E-state index contributed by atoms with van der Waals surface area (Å²) in [6, 6.07) is 14.1. The minimum absolute atomic E-state index is 0.560. The van der Waals surface area contributed by atoms with Gasteiger partial charge in [0.25, 0.3) is 0 Å². The largest absolute Gasteiger partial charge is 0.323 e. The fourth-order valence-corrected chi connectivity index (χ4v) is 3.02. The van der Waals surface area contributed by atoms with E-state index in [-0.39, 0.29) is 0 Å². The van der Waals surface area contributed by atoms with Crippen LogP contribution in [0.5, 0.6) is 0 Å². The van der Waals surface area contributed by atoms with E-state index in [9.17, 15) is 0 Å². The van der Waals surface area contributed by atoms with Gasteiger partial charge in [-0.15, -0.1) is 11.6 Å². The standard InChI is InChI=1S/C17H16Cl2N2/c1-12-5-4-8-15-17(12)21(16(20-15)9-10-18)11-13-6-2-3-7-14(13)19/h2-8H,9-11H2,1H3. The van der Waals surface area contributed by atoms with Crippen molar-refractivity contribution in [2.24, 2.45) is 0 Å². The average molecular weight is 319 g/mol. The highest BCUT2D eigenvalue weighted by Crippen LogP contribution is 2.24. The third-order valence-electron chi connectivity index (χ3n) is 3.65. The number of benzene rings is 2. The van der Waals surface area contributed by atoms with E-state index in [1.807, 2.05) is 30.3 Å². The van der Waals surface area contributed by atoms with Crippen LogP contribution >= 0.6 is 23.2 Å². The van der Waals surface area contributed by atoms with Crippen molar-refractivity contribution in [2.75, 3.05) is 5.88 Å². The van der Waals surface area contributed by atoms with Crippen LogP contribution in [0.4, 0.5) is 0 Å². The van der Waals surface area contributed by atoms with E-state index in [2.05, 4.69) is 23.6 Å². The molecule has 21 heavy (non-hydrogen) atoms. The summed E-state index contributed by atoms with van der Waals surface area (Å²) in [5.74, 6) is 1.57. The lowest BCUT2D eigenvalue weighted by molar-refractivity contribution is 0.753. The van der Waals surface area contributed by atoms with E-state index in [0.717, 1.165) is 33.9 Å². The summed E-state index contributed by atoms with van der Waals surface area (Å²) < 4.78 is 2.23. The molecule has 0 radical (unpaired) electrons. The van der Waals surface area contributed by atoms with Gasteiger partial charge in [0.15, 0.2) is 0 Å². The van der Waals surface area contributed by atoms with Crippen LogP contribution in [0.3, 0.4) is 0 Å². The second kappa shape index (κ2) is 6.08. The molecular weight excluding hydrogens is 303 g/mol. The number of fused-ring (bicyclic) bond motifs is 1. The van der Waals surface area contributed by atoms with Gasteiger partial charge in [-0.2, -0.15) is 0 Å². The van der Waals surface area contributed by atoms with Gasteiger partial charge in [0.1, 0.15) is 5.82 Å². The van der Waals surface area contributed by atoms with Crippen molar-refractivity contribution in [3.8, 4) is 0 Å². The van der Waals surface area contributed by atoms with E-state index in [4.69, 9.17) is 28.2 Å². The van der Waals surface area contributed by atoms with Gasteiger partial charge in [-0.3, -0.25) is 0 Å². The molecule has 2 nitrogen and oxygen atoms in total. The van der Waals surface area contributed by atoms with Gasteiger partial charge in [0.05, 0.1) is 17.6 Å². The molecule has 0 aliphatic rings. The summed E-state index contributed by atoms with van der Waals surface area (Å²) in [6.07, 6.45) is 0.750. The number of aromatic nitrogens is 2. The second-order valence-electron chi connectivity index (χ2n) is 5.09. The molecule has 0 atom stereocenters. The van der Waals surface area contributed by atoms with Gasteiger partial charge < -0.3 is 4.57 Å². The first-order valence-electron chi connectivity index (χ1n) is 6.95. The maximum atomic E-state index is 6.30. The summed E-state index contributed by atoms with van der Waals surface area (Å²) in [6.45, 7) is 2.82. The molecule has 1 aromatic heterocycles. The number of hydrogen-bond donors (Lipinski definition) is 0. The molecule has 0 aliphatic heterocycles. The number of imidazole rings is 1. The Morgan fingerprint density at radius 2 is 1.90 bits per heavy atom. The van der Waals surface area contributed by atoms with Crippen molar-refractivity contribution >= 4 is 34.2 Å². The highest BCUT2D eigenvalue weighted by molar-refractivity contribution is 6.31. The van der Waals surface area contributed by atoms with Gasteiger partial charge in [0, 0.05) is 17.3 Å². The van der Waals surface area contributed by atoms with Crippen molar-refractivity contribution in [3.05, 3.63) is 64.4 Å². The van der Waals surface area contributed by atoms with Crippen LogP contribution in [0.25, 0.3) is 11.0 Å². The molecule has 0 saturated carbocycles. The summed E-state index contributed by atoms with van der Waals surface area (Å²) in [5.41, 5.74) is 4.49. The summed E-state index contributed by atoms with van der Waals surface area (Å²) in [7, 11) is 0. The van der Waals surface area contributed by atoms with Crippen LogP contribution in [0.2, 0.25) is 5.02 Å². The van der Waals surface area contributed by atoms with Crippen molar-refractivity contribution in [2.45, 2.75) is 19.9 Å². The van der Waals surface area contributed by atoms with Crippen LogP contribution in [0.1, 0.15) is 17.0 Å². The molecule has 1 heterocycles. The van der Waals surface area contributed by atoms with E-state index in [1.165, 1.54) is 5.56 Å². The molecule has 3 aromatic rings. The van der Waals surface area contributed by atoms with Gasteiger partial charge >= 0.3 is 0 Å². The first-order valence-corrected chi connectivity index (χ1v) is 7.86. The fraction of sp³-hybridized carbons (Fsp3) is 0.235. The number of aryl methyl sites for hydroxylation is 2. The fourth-order valence-electron chi connectivity index (χ4n) is 2.66. The Morgan fingerprint density at radius 1 is 1.10 bits per heavy atom. The van der Waals surface area contributed by atoms with E-state index < -0.39 is 0 Å². The molecule has 4 heteroatoms. The molecule has 0 bridgehead atoms. The predicted molar refractivity (Wildman–Crippen MR) is 89.4 cm³/mol. The number of rotatable bonds is 4. The van der Waals surface area contributed by atoms with E-state index >= 15 is 0 Å². The van der Waals surface area contributed by atoms with Crippen LogP contribution in [-0.4, -0.2) is 15.4 Å². The topological polar surface area (TPSA) is 17.8 Å². The highest BCUT2D eigenvalue weighted by atomic mass is 35.5. The molecule has 0 unspecified atom stereocenters. The van der Waals surface area contributed by atoms with Crippen molar-refractivity contribution in [1.29, 1.82) is 0 Å². The first kappa shape index (κ1) is 14.4. The lowest BCUT2D eigenvalue weighted by Gasteiger charge is -2.11. The predicted octanol–water partition coefficient (Wildman–Crippen LogP) is 4.83. The molecule has 2 aromatic carbocycles. The lowest BCUT2D eigenvalue weighted by Crippen LogP contribution is -2.07. The Hall–Kier alpha value is -1.51. The maximum absolute atomic E-state index is 6.30. The van der Waals surface area contributed by atoms with E-state index in [1.54, 1.807) is 0 Å². The Balaban J connectivity index is 2.15. The van der Waals surface area contributed by atoms with Gasteiger partial charge in [-0.05, 0) is 30.2 Å². The molecule has 3 rings (SSSR count). The normalized spacial score (nSPS) is 11.2. The van der Waals surface area contributed by atoms with Gasteiger partial charge in [-0.25, -0.2) is 4.98 Å². The SMILES string of the molecule is Cc1cccc2nc(CCCl)n(Cc3ccccc3Cl)c12. The lowest BCUT2D eigenvalue weighted by atomic mass is 10.2. The minimum atomic E-state index is 0.560. The molecule has 0 spiro atoms. The van der Waals surface area contributed by atoms with Crippen LogP contribution in [0.15, 0.2) is 42.5 Å². The third kappa shape index (κ3) is 2.78. The molecule has 108 valence electrons. The Kier molecular flexibility index (Phi) is 4.18. The second-order valence-corrected chi connectivity index (χ2v) is 5.87. The monoisotopic (exact) mass is 318 g/mol. The summed E-state index contributed by atoms with van der Waals surface area (Å²) >= 11 is 12.2. The Bertz CT molecular complexity index is 778. The van der Waals surface area contributed by atoms with Crippen LogP contribution in [0, 0.1) is 6.92 Å². The smallest absolute Gasteiger partial charge is 0.111 e. The van der Waals surface area contributed by atoms with Crippen molar-refractivity contribution < 1.29 is 0 Å². The Labute approximate surface area is 134 Å². The molecule has 0 amide bonds. The molecular formula is C17H16Cl2N2. The Morgan fingerprint density at radius 3 is 2.67 bits per heavy atom. The first-order chi connectivity index (χ1) is 10.2. The van der Waals surface area contributed by atoms with Gasteiger partial charge in [-0.1, -0.05) is 41.9 Å². The third-order valence-corrected chi connectivity index (χ3v) is 4.21. The molecule has 0 fully saturated rings. The molecule has 0 saturated heterocycles. The number of para-hydroxylation sites is 1. The van der Waals surface area contributed by atoms with E-state index in [0.29, 0.717) is 12.4 Å². The summed E-state index contributed by atoms with van der Waals surface area (Å²) in [4.78, 5) is 4.72. The molecule has 0 N–H and O–H groups in total. The number of nitrogens with zero attached hydrogens (tertiary/aromatic N) is 2. The average Bonchev–Trinajstić information content (AvgIpc) is 2.81. The zero-order valence-electron chi connectivity index (χ0n) is 11.8. The zero-order valence-corrected chi connectivity index (χ0v) is 13.3. The van der Waals surface area contributed by atoms with Crippen molar-refractivity contribution in [3.63, 3.8) is 0 Å². The zero-order chi connectivity index (χ0) is 14.8. The summed E-state index contributed by atoms with van der Waals surface area (Å²) in [5, 5.41) is 0.782. The number of halogens is 2. The number of hydrogen-bond acceptors (Lipinski definition) is 1. The quantitative estimate of drug-likeness (QED) is 0.630. The molecule has 0 aliphatic carbocycles. The number of alkyl halides is 1. The van der Waals surface area contributed by atoms with Crippen LogP contribution < -0.4 is 0 Å². The van der Waals surface area contributed by atoms with Crippen LogP contribution in [-0.2, 0) is 13.0 Å². The van der Waals surface area contributed by atoms with Gasteiger partial charge in [0.2, 0.25) is 0 Å².